The maximum absolute atomic E-state index is 13.0. The van der Waals surface area contributed by atoms with Gasteiger partial charge < -0.3 is 17.7 Å². The van der Waals surface area contributed by atoms with Crippen LogP contribution in [0.2, 0.25) is 0 Å². The molecule has 0 radical (unpaired) electrons. The van der Waals surface area contributed by atoms with Gasteiger partial charge in [-0.15, -0.1) is 0 Å². The van der Waals surface area contributed by atoms with Crippen molar-refractivity contribution in [3.8, 4) is 5.75 Å². The third kappa shape index (κ3) is 3.11. The molecule has 0 aromatic heterocycles. The Hall–Kier alpha value is -1.80. The lowest BCUT2D eigenvalue weighted by Gasteiger charge is -2.15. The molecule has 88 valence electrons. The molecule has 0 amide bonds. The fourth-order valence-corrected chi connectivity index (χ4v) is 0.962. The molecule has 4 nitrogen and oxygen atoms in total. The largest absolute Gasteiger partial charge is 0.515 e. The third-order valence-electron chi connectivity index (χ3n) is 1.56. The molecule has 0 aliphatic carbocycles. The minimum atomic E-state index is -5.29. The summed E-state index contributed by atoms with van der Waals surface area (Å²) in [5.41, 5.74) is -0.833. The Morgan fingerprint density at radius 2 is 2.00 bits per heavy atom. The average Bonchev–Trinajstić information content (AvgIpc) is 2.13. The first kappa shape index (κ1) is 12.3. The first-order valence-electron chi connectivity index (χ1n) is 4.08. The topological polar surface area (TPSA) is 52.4 Å². The fourth-order valence-electron chi connectivity index (χ4n) is 0.962. The standard InChI is InChI=1S/C7H5BF4NO3/c9-5-2-1-3-6(13(14)15)7(5)16-4-8(10,11)12/h1-3H,4H2/q-1. The SMILES string of the molecule is O=[N+]([O-])c1cccc(F)c1OC[B-](F)(F)F. The number of halogens is 4. The first-order valence-corrected chi connectivity index (χ1v) is 4.08. The highest BCUT2D eigenvalue weighted by molar-refractivity contribution is 6.58. The highest BCUT2D eigenvalue weighted by Gasteiger charge is 2.27. The summed E-state index contributed by atoms with van der Waals surface area (Å²) >= 11 is 0. The van der Waals surface area contributed by atoms with Crippen LogP contribution in [-0.2, 0) is 0 Å². The van der Waals surface area contributed by atoms with E-state index in [2.05, 4.69) is 4.74 Å². The Bertz CT molecular complexity index is 409. The molecule has 1 rings (SSSR count). The van der Waals surface area contributed by atoms with Gasteiger partial charge in [-0.2, -0.15) is 0 Å². The summed E-state index contributed by atoms with van der Waals surface area (Å²) in [6, 6.07) is 2.66. The Labute approximate surface area is 87.0 Å². The normalized spacial score (nSPS) is 11.2. The Morgan fingerprint density at radius 1 is 1.38 bits per heavy atom. The van der Waals surface area contributed by atoms with Crippen LogP contribution in [0.4, 0.5) is 23.0 Å². The van der Waals surface area contributed by atoms with Crippen LogP contribution in [0.25, 0.3) is 0 Å². The second-order valence-electron chi connectivity index (χ2n) is 2.87. The molecule has 0 N–H and O–H groups in total. The van der Waals surface area contributed by atoms with Crippen LogP contribution in [0.3, 0.4) is 0 Å². The van der Waals surface area contributed by atoms with E-state index < -0.39 is 35.7 Å². The van der Waals surface area contributed by atoms with Crippen LogP contribution >= 0.6 is 0 Å². The van der Waals surface area contributed by atoms with E-state index in [4.69, 9.17) is 0 Å². The van der Waals surface area contributed by atoms with Gasteiger partial charge in [0.2, 0.25) is 5.75 Å². The van der Waals surface area contributed by atoms with Gasteiger partial charge in [-0.25, -0.2) is 4.39 Å². The molecule has 0 aliphatic rings. The number of nitro benzene ring substituents is 1. The second-order valence-corrected chi connectivity index (χ2v) is 2.87. The van der Waals surface area contributed by atoms with Crippen LogP contribution in [0, 0.1) is 15.9 Å². The van der Waals surface area contributed by atoms with Gasteiger partial charge in [0.15, 0.2) is 5.82 Å². The number of para-hydroxylation sites is 1. The van der Waals surface area contributed by atoms with Crippen molar-refractivity contribution in [2.24, 2.45) is 0 Å². The van der Waals surface area contributed by atoms with Crippen LogP contribution in [0.15, 0.2) is 18.2 Å². The van der Waals surface area contributed by atoms with E-state index in [1.165, 1.54) is 0 Å². The Morgan fingerprint density at radius 3 is 2.50 bits per heavy atom. The number of benzene rings is 1. The highest BCUT2D eigenvalue weighted by atomic mass is 19.4. The van der Waals surface area contributed by atoms with Crippen molar-refractivity contribution in [3.05, 3.63) is 34.1 Å². The highest BCUT2D eigenvalue weighted by Crippen LogP contribution is 2.30. The van der Waals surface area contributed by atoms with Crippen LogP contribution in [0.5, 0.6) is 5.75 Å². The zero-order valence-corrected chi connectivity index (χ0v) is 7.70. The van der Waals surface area contributed by atoms with Crippen molar-refractivity contribution in [1.29, 1.82) is 0 Å². The predicted octanol–water partition coefficient (Wildman–Crippen LogP) is 2.50. The zero-order valence-electron chi connectivity index (χ0n) is 7.70. The molecule has 0 atom stereocenters. The van der Waals surface area contributed by atoms with E-state index >= 15 is 0 Å². The molecule has 0 spiro atoms. The molecule has 0 fully saturated rings. The molecule has 9 heteroatoms. The van der Waals surface area contributed by atoms with Gasteiger partial charge in [0.1, 0.15) is 0 Å². The molecule has 1 aromatic carbocycles. The molecule has 0 bridgehead atoms. The van der Waals surface area contributed by atoms with E-state index in [9.17, 15) is 27.5 Å². The van der Waals surface area contributed by atoms with Gasteiger partial charge in [-0.05, 0) is 6.07 Å². The lowest BCUT2D eigenvalue weighted by Crippen LogP contribution is -2.26. The zero-order chi connectivity index (χ0) is 12.3. The third-order valence-corrected chi connectivity index (χ3v) is 1.56. The average molecular weight is 238 g/mol. The lowest BCUT2D eigenvalue weighted by molar-refractivity contribution is -0.386. The molecule has 0 saturated carbocycles. The van der Waals surface area contributed by atoms with Gasteiger partial charge in [0, 0.05) is 6.07 Å². The number of nitrogens with zero attached hydrogens (tertiary/aromatic N) is 1. The molecule has 0 unspecified atom stereocenters. The van der Waals surface area contributed by atoms with Crippen molar-refractivity contribution in [1.82, 2.24) is 0 Å². The summed E-state index contributed by atoms with van der Waals surface area (Å²) in [7, 11) is 0. The molecule has 0 heterocycles. The Kier molecular flexibility index (Phi) is 3.36. The van der Waals surface area contributed by atoms with E-state index in [1.54, 1.807) is 0 Å². The molecular weight excluding hydrogens is 233 g/mol. The summed E-state index contributed by atoms with van der Waals surface area (Å²) in [5.74, 6) is -2.19. The smallest absolute Gasteiger partial charge is 0.515 e. The molecular formula is C7H5BF4NO3-. The summed E-state index contributed by atoms with van der Waals surface area (Å²) in [4.78, 5) is 9.37. The van der Waals surface area contributed by atoms with E-state index in [0.717, 1.165) is 18.2 Å². The quantitative estimate of drug-likeness (QED) is 0.350. The molecule has 0 saturated heterocycles. The van der Waals surface area contributed by atoms with Gasteiger partial charge in [0.05, 0.1) is 11.4 Å². The van der Waals surface area contributed by atoms with Gasteiger partial charge in [-0.3, -0.25) is 10.1 Å². The van der Waals surface area contributed by atoms with Crippen molar-refractivity contribution in [2.45, 2.75) is 0 Å². The fraction of sp³-hybridized carbons (Fsp3) is 0.143. The van der Waals surface area contributed by atoms with Crippen LogP contribution in [-0.4, -0.2) is 18.4 Å². The van der Waals surface area contributed by atoms with Gasteiger partial charge in [0.25, 0.3) is 0 Å². The number of hydrogen-bond donors (Lipinski definition) is 0. The number of hydrogen-bond acceptors (Lipinski definition) is 3. The molecule has 1 aromatic rings. The maximum atomic E-state index is 13.0. The summed E-state index contributed by atoms with van der Waals surface area (Å²) in [6.07, 6.45) is 0. The van der Waals surface area contributed by atoms with Crippen LogP contribution < -0.4 is 4.74 Å². The van der Waals surface area contributed by atoms with E-state index in [0.29, 0.717) is 0 Å². The van der Waals surface area contributed by atoms with E-state index in [1.807, 2.05) is 0 Å². The molecule has 0 aliphatic heterocycles. The monoisotopic (exact) mass is 238 g/mol. The van der Waals surface area contributed by atoms with Crippen molar-refractivity contribution < 1.29 is 27.0 Å². The number of nitro groups is 1. The van der Waals surface area contributed by atoms with Gasteiger partial charge in [-0.1, -0.05) is 6.07 Å². The van der Waals surface area contributed by atoms with Crippen molar-refractivity contribution in [2.75, 3.05) is 6.51 Å². The van der Waals surface area contributed by atoms with Crippen LogP contribution in [0.1, 0.15) is 0 Å². The maximum Gasteiger partial charge on any atom is 0.515 e. The minimum absolute atomic E-state index is 0.783. The minimum Gasteiger partial charge on any atom is -0.515 e. The predicted molar refractivity (Wildman–Crippen MR) is 47.6 cm³/mol. The second kappa shape index (κ2) is 4.37. The van der Waals surface area contributed by atoms with Gasteiger partial charge >= 0.3 is 12.7 Å². The summed E-state index contributed by atoms with van der Waals surface area (Å²) in [6.45, 7) is -7.01. The number of rotatable bonds is 4. The lowest BCUT2D eigenvalue weighted by atomic mass is 9.95. The Balaban J connectivity index is 2.98. The summed E-state index contributed by atoms with van der Waals surface area (Å²) < 4.78 is 52.6. The van der Waals surface area contributed by atoms with Crippen molar-refractivity contribution in [3.63, 3.8) is 0 Å². The molecule has 16 heavy (non-hydrogen) atoms. The van der Waals surface area contributed by atoms with Crippen molar-refractivity contribution >= 4 is 12.7 Å². The van der Waals surface area contributed by atoms with E-state index in [-0.39, 0.29) is 0 Å². The summed E-state index contributed by atoms with van der Waals surface area (Å²) in [5, 5.41) is 10.4. The first-order chi connectivity index (χ1) is 7.31. The number of ether oxygens (including phenoxy) is 1.